The lowest BCUT2D eigenvalue weighted by atomic mass is 10.2. The number of halogens is 2. The van der Waals surface area contributed by atoms with Crippen LogP contribution in [-0.2, 0) is 0 Å². The summed E-state index contributed by atoms with van der Waals surface area (Å²) >= 11 is 0. The number of nitrogens with one attached hydrogen (secondary N) is 1. The second kappa shape index (κ2) is 3.37. The Hall–Kier alpha value is -2.31. The summed E-state index contributed by atoms with van der Waals surface area (Å²) in [5, 5.41) is 10.2. The summed E-state index contributed by atoms with van der Waals surface area (Å²) in [6.07, 6.45) is 0.743. The van der Waals surface area contributed by atoms with Crippen molar-refractivity contribution >= 4 is 16.6 Å². The van der Waals surface area contributed by atoms with Crippen LogP contribution in [-0.4, -0.2) is 9.91 Å². The fourth-order valence-corrected chi connectivity index (χ4v) is 1.36. The van der Waals surface area contributed by atoms with E-state index in [2.05, 4.69) is 4.98 Å². The molecule has 0 saturated heterocycles. The number of fused-ring (bicyclic) bond motifs is 1. The number of nitro groups is 1. The van der Waals surface area contributed by atoms with Gasteiger partial charge in [0.05, 0.1) is 22.0 Å². The average Bonchev–Trinajstić information content (AvgIpc) is 2.23. The number of aromatic amines is 1. The van der Waals surface area contributed by atoms with E-state index in [1.807, 2.05) is 0 Å². The molecule has 2 aromatic rings. The van der Waals surface area contributed by atoms with Gasteiger partial charge >= 0.3 is 5.69 Å². The number of nitrogens with zero attached hydrogens (tertiary/aromatic N) is 1. The van der Waals surface area contributed by atoms with Gasteiger partial charge in [-0.05, 0) is 12.1 Å². The highest BCUT2D eigenvalue weighted by Gasteiger charge is 2.17. The average molecular weight is 226 g/mol. The molecule has 5 nitrogen and oxygen atoms in total. The maximum absolute atomic E-state index is 13.2. The molecule has 1 aromatic carbocycles. The van der Waals surface area contributed by atoms with E-state index in [4.69, 9.17) is 0 Å². The SMILES string of the molecule is O=c1c([N+](=O)[O-])c[nH]c2c(F)c(F)ccc12. The Morgan fingerprint density at radius 1 is 1.31 bits per heavy atom. The van der Waals surface area contributed by atoms with E-state index in [9.17, 15) is 23.7 Å². The van der Waals surface area contributed by atoms with E-state index < -0.39 is 27.7 Å². The molecule has 0 aliphatic rings. The minimum absolute atomic E-state index is 0.256. The molecule has 0 aliphatic carbocycles. The summed E-state index contributed by atoms with van der Waals surface area (Å²) in [7, 11) is 0. The quantitative estimate of drug-likeness (QED) is 0.594. The molecular weight excluding hydrogens is 222 g/mol. The molecule has 0 atom stereocenters. The molecule has 0 fully saturated rings. The zero-order chi connectivity index (χ0) is 11.9. The Kier molecular flexibility index (Phi) is 2.15. The van der Waals surface area contributed by atoms with Gasteiger partial charge in [0, 0.05) is 0 Å². The number of benzene rings is 1. The van der Waals surface area contributed by atoms with Crippen LogP contribution >= 0.6 is 0 Å². The van der Waals surface area contributed by atoms with Crippen LogP contribution in [0.25, 0.3) is 10.9 Å². The molecule has 7 heteroatoms. The summed E-state index contributed by atoms with van der Waals surface area (Å²) in [4.78, 5) is 23.2. The molecule has 0 spiro atoms. The van der Waals surface area contributed by atoms with Gasteiger partial charge in [0.25, 0.3) is 5.43 Å². The summed E-state index contributed by atoms with van der Waals surface area (Å²) in [5.41, 5.74) is -2.04. The Labute approximate surface area is 86.5 Å². The van der Waals surface area contributed by atoms with E-state index in [1.54, 1.807) is 0 Å². The van der Waals surface area contributed by atoms with Gasteiger partial charge in [0.2, 0.25) is 0 Å². The molecule has 1 N–H and O–H groups in total. The molecule has 2 rings (SSSR count). The summed E-state index contributed by atoms with van der Waals surface area (Å²) < 4.78 is 26.0. The summed E-state index contributed by atoms with van der Waals surface area (Å²) in [6.45, 7) is 0. The summed E-state index contributed by atoms with van der Waals surface area (Å²) in [5.74, 6) is -2.36. The molecule has 0 bridgehead atoms. The van der Waals surface area contributed by atoms with E-state index in [-0.39, 0.29) is 10.9 Å². The second-order valence-corrected chi connectivity index (χ2v) is 3.04. The molecular formula is C9H4F2N2O3. The highest BCUT2D eigenvalue weighted by atomic mass is 19.2. The third kappa shape index (κ3) is 1.33. The maximum Gasteiger partial charge on any atom is 0.332 e. The van der Waals surface area contributed by atoms with Crippen molar-refractivity contribution in [3.05, 3.63) is 50.3 Å². The van der Waals surface area contributed by atoms with Gasteiger partial charge in [-0.2, -0.15) is 0 Å². The molecule has 0 radical (unpaired) electrons. The standard InChI is InChI=1S/C9H4F2N2O3/c10-5-2-1-4-8(7(5)11)12-3-6(9(4)14)13(15)16/h1-3H,(H,12,14). The number of hydrogen-bond acceptors (Lipinski definition) is 3. The smallest absolute Gasteiger partial charge is 0.332 e. The molecule has 0 amide bonds. The first-order valence-corrected chi connectivity index (χ1v) is 4.16. The van der Waals surface area contributed by atoms with Gasteiger partial charge in [0.15, 0.2) is 11.6 Å². The van der Waals surface area contributed by atoms with Crippen LogP contribution in [0.1, 0.15) is 0 Å². The fraction of sp³-hybridized carbons (Fsp3) is 0. The Morgan fingerprint density at radius 2 is 2.00 bits per heavy atom. The van der Waals surface area contributed by atoms with Crippen molar-refractivity contribution < 1.29 is 13.7 Å². The van der Waals surface area contributed by atoms with Gasteiger partial charge in [-0.3, -0.25) is 14.9 Å². The highest BCUT2D eigenvalue weighted by molar-refractivity contribution is 5.80. The number of pyridine rings is 1. The van der Waals surface area contributed by atoms with Crippen LogP contribution < -0.4 is 5.43 Å². The minimum Gasteiger partial charge on any atom is -0.353 e. The van der Waals surface area contributed by atoms with Crippen molar-refractivity contribution in [3.63, 3.8) is 0 Å². The molecule has 0 aliphatic heterocycles. The van der Waals surface area contributed by atoms with Gasteiger partial charge in [-0.25, -0.2) is 8.78 Å². The number of hydrogen-bond donors (Lipinski definition) is 1. The van der Waals surface area contributed by atoms with Gasteiger partial charge in [0.1, 0.15) is 0 Å². The van der Waals surface area contributed by atoms with Crippen LogP contribution in [0.5, 0.6) is 0 Å². The summed E-state index contributed by atoms with van der Waals surface area (Å²) in [6, 6.07) is 1.75. The van der Waals surface area contributed by atoms with Gasteiger partial charge < -0.3 is 4.98 Å². The first kappa shape index (κ1) is 10.2. The predicted octanol–water partition coefficient (Wildman–Crippen LogP) is 1.71. The topological polar surface area (TPSA) is 76.0 Å². The highest BCUT2D eigenvalue weighted by Crippen LogP contribution is 2.17. The lowest BCUT2D eigenvalue weighted by molar-refractivity contribution is -0.386. The number of aromatic nitrogens is 1. The first-order valence-electron chi connectivity index (χ1n) is 4.16. The molecule has 1 aromatic heterocycles. The van der Waals surface area contributed by atoms with E-state index in [1.165, 1.54) is 0 Å². The third-order valence-electron chi connectivity index (χ3n) is 2.12. The molecule has 0 unspecified atom stereocenters. The number of rotatable bonds is 1. The van der Waals surface area contributed by atoms with Crippen molar-refractivity contribution in [3.8, 4) is 0 Å². The predicted molar refractivity (Wildman–Crippen MR) is 51.1 cm³/mol. The fourth-order valence-electron chi connectivity index (χ4n) is 1.36. The molecule has 16 heavy (non-hydrogen) atoms. The molecule has 0 saturated carbocycles. The van der Waals surface area contributed by atoms with Crippen molar-refractivity contribution in [2.75, 3.05) is 0 Å². The molecule has 82 valence electrons. The lowest BCUT2D eigenvalue weighted by Gasteiger charge is -1.99. The zero-order valence-electron chi connectivity index (χ0n) is 7.66. The van der Waals surface area contributed by atoms with Crippen molar-refractivity contribution in [1.82, 2.24) is 4.98 Å². The lowest BCUT2D eigenvalue weighted by Crippen LogP contribution is -2.10. The third-order valence-corrected chi connectivity index (χ3v) is 2.12. The minimum atomic E-state index is -1.23. The normalized spacial score (nSPS) is 10.6. The van der Waals surface area contributed by atoms with Crippen LogP contribution in [0.2, 0.25) is 0 Å². The van der Waals surface area contributed by atoms with Crippen molar-refractivity contribution in [2.45, 2.75) is 0 Å². The van der Waals surface area contributed by atoms with E-state index >= 15 is 0 Å². The number of H-pyrrole nitrogens is 1. The maximum atomic E-state index is 13.2. The van der Waals surface area contributed by atoms with Crippen LogP contribution in [0.15, 0.2) is 23.1 Å². The molecule has 1 heterocycles. The Morgan fingerprint density at radius 3 is 2.62 bits per heavy atom. The second-order valence-electron chi connectivity index (χ2n) is 3.04. The van der Waals surface area contributed by atoms with Crippen molar-refractivity contribution in [1.29, 1.82) is 0 Å². The van der Waals surface area contributed by atoms with Gasteiger partial charge in [-0.1, -0.05) is 0 Å². The zero-order valence-corrected chi connectivity index (χ0v) is 7.66. The Bertz CT molecular complexity index is 651. The van der Waals surface area contributed by atoms with Crippen LogP contribution in [0.4, 0.5) is 14.5 Å². The van der Waals surface area contributed by atoms with E-state index in [0.717, 1.165) is 18.3 Å². The monoisotopic (exact) mass is 226 g/mol. The van der Waals surface area contributed by atoms with Crippen molar-refractivity contribution in [2.24, 2.45) is 0 Å². The Balaban J connectivity index is 2.93. The largest absolute Gasteiger partial charge is 0.353 e. The van der Waals surface area contributed by atoms with E-state index in [0.29, 0.717) is 0 Å². The first-order chi connectivity index (χ1) is 7.52. The van der Waals surface area contributed by atoms with Crippen LogP contribution in [0, 0.1) is 21.7 Å². The van der Waals surface area contributed by atoms with Gasteiger partial charge in [-0.15, -0.1) is 0 Å². The van der Waals surface area contributed by atoms with Crippen LogP contribution in [0.3, 0.4) is 0 Å².